The molecule has 0 aliphatic carbocycles. The molecule has 0 amide bonds. The fraction of sp³-hybridized carbons (Fsp3) is 0.0769. The van der Waals surface area contributed by atoms with E-state index in [1.165, 1.54) is 12.1 Å². The smallest absolute Gasteiger partial charge is 0.317 e. The molecule has 0 atom stereocenters. The third kappa shape index (κ3) is 3.24. The van der Waals surface area contributed by atoms with Crippen LogP contribution in [0.25, 0.3) is 0 Å². The van der Waals surface area contributed by atoms with Crippen molar-refractivity contribution >= 4 is 21.5 Å². The van der Waals surface area contributed by atoms with Crippen molar-refractivity contribution in [2.45, 2.75) is 11.8 Å². The van der Waals surface area contributed by atoms with E-state index >= 15 is 0 Å². The lowest BCUT2D eigenvalue weighted by atomic mass is 10.2. The Morgan fingerprint density at radius 1 is 1.11 bits per heavy atom. The molecule has 0 aromatic heterocycles. The van der Waals surface area contributed by atoms with Crippen molar-refractivity contribution in [1.29, 1.82) is 0 Å². The molecule has 5 nitrogen and oxygen atoms in total. The number of rotatable bonds is 4. The fourth-order valence-corrected chi connectivity index (χ4v) is 2.23. The number of benzene rings is 2. The van der Waals surface area contributed by atoms with Crippen molar-refractivity contribution in [1.82, 2.24) is 0 Å². The van der Waals surface area contributed by atoms with E-state index in [0.29, 0.717) is 11.4 Å². The molecule has 0 aliphatic rings. The second-order valence-electron chi connectivity index (χ2n) is 4.02. The summed E-state index contributed by atoms with van der Waals surface area (Å²) in [5, 5.41) is 0. The number of nitrogen functional groups attached to an aromatic ring is 1. The van der Waals surface area contributed by atoms with Gasteiger partial charge in [0, 0.05) is 5.69 Å². The predicted octanol–water partition coefficient (Wildman–Crippen LogP) is 2.31. The van der Waals surface area contributed by atoms with Gasteiger partial charge in [0.05, 0.1) is 10.6 Å². The van der Waals surface area contributed by atoms with Crippen LogP contribution in [0.4, 0.5) is 11.4 Å². The minimum Gasteiger partial charge on any atom is -0.398 e. The van der Waals surface area contributed by atoms with E-state index in [4.69, 9.17) is 10.0 Å². The van der Waals surface area contributed by atoms with Gasteiger partial charge in [-0.3, -0.25) is 0 Å². The summed E-state index contributed by atoms with van der Waals surface area (Å²) in [6.45, 7) is 1.86. The SMILES string of the molecule is Cc1ccc(NOS(=O)(=O)c2ccccc2)cc1N. The van der Waals surface area contributed by atoms with Gasteiger partial charge in [-0.15, -0.1) is 4.28 Å². The van der Waals surface area contributed by atoms with Crippen LogP contribution in [-0.4, -0.2) is 8.42 Å². The second kappa shape index (κ2) is 5.29. The summed E-state index contributed by atoms with van der Waals surface area (Å²) in [5.74, 6) is 0. The lowest BCUT2D eigenvalue weighted by Crippen LogP contribution is -2.11. The molecule has 19 heavy (non-hydrogen) atoms. The van der Waals surface area contributed by atoms with E-state index in [0.717, 1.165) is 5.56 Å². The van der Waals surface area contributed by atoms with Gasteiger partial charge in [-0.05, 0) is 36.8 Å². The summed E-state index contributed by atoms with van der Waals surface area (Å²) in [6, 6.07) is 13.0. The number of nitrogens with one attached hydrogen (secondary N) is 1. The standard InChI is InChI=1S/C13H14N2O3S/c1-10-7-8-11(9-13(10)14)15-18-19(16,17)12-5-3-2-4-6-12/h2-9,15H,14H2,1H3. The molecule has 2 aromatic rings. The first kappa shape index (κ1) is 13.4. The maximum atomic E-state index is 11.8. The summed E-state index contributed by atoms with van der Waals surface area (Å²) in [6.07, 6.45) is 0. The molecule has 2 aromatic carbocycles. The van der Waals surface area contributed by atoms with Gasteiger partial charge in [-0.25, -0.2) is 5.48 Å². The van der Waals surface area contributed by atoms with Crippen LogP contribution < -0.4 is 11.2 Å². The quantitative estimate of drug-likeness (QED) is 0.662. The highest BCUT2D eigenvalue weighted by atomic mass is 32.2. The maximum Gasteiger partial charge on any atom is 0.317 e. The summed E-state index contributed by atoms with van der Waals surface area (Å²) in [4.78, 5) is 0.0857. The topological polar surface area (TPSA) is 81.4 Å². The van der Waals surface area contributed by atoms with Gasteiger partial charge < -0.3 is 5.73 Å². The molecule has 0 aliphatic heterocycles. The van der Waals surface area contributed by atoms with Gasteiger partial charge in [-0.1, -0.05) is 24.3 Å². The molecule has 0 saturated heterocycles. The molecular weight excluding hydrogens is 264 g/mol. The number of hydrogen-bond acceptors (Lipinski definition) is 5. The molecule has 0 bridgehead atoms. The number of anilines is 2. The van der Waals surface area contributed by atoms with Gasteiger partial charge >= 0.3 is 10.1 Å². The zero-order valence-corrected chi connectivity index (χ0v) is 11.1. The monoisotopic (exact) mass is 278 g/mol. The van der Waals surface area contributed by atoms with Crippen LogP contribution in [0.1, 0.15) is 5.56 Å². The lowest BCUT2D eigenvalue weighted by molar-refractivity contribution is 0.391. The normalized spacial score (nSPS) is 11.2. The van der Waals surface area contributed by atoms with Crippen molar-refractivity contribution in [3.8, 4) is 0 Å². The van der Waals surface area contributed by atoms with Crippen LogP contribution in [0.2, 0.25) is 0 Å². The van der Waals surface area contributed by atoms with E-state index in [-0.39, 0.29) is 4.90 Å². The number of aryl methyl sites for hydroxylation is 1. The second-order valence-corrected chi connectivity index (χ2v) is 5.57. The third-order valence-electron chi connectivity index (χ3n) is 2.58. The van der Waals surface area contributed by atoms with Crippen molar-refractivity contribution in [2.75, 3.05) is 11.2 Å². The molecule has 0 radical (unpaired) electrons. The summed E-state index contributed by atoms with van der Waals surface area (Å²) in [5.41, 5.74) is 10.1. The molecule has 2 rings (SSSR count). The van der Waals surface area contributed by atoms with Crippen molar-refractivity contribution < 1.29 is 12.7 Å². The molecule has 6 heteroatoms. The molecule has 100 valence electrons. The Balaban J connectivity index is 2.12. The van der Waals surface area contributed by atoms with E-state index in [2.05, 4.69) is 5.48 Å². The van der Waals surface area contributed by atoms with Crippen LogP contribution in [0, 0.1) is 6.92 Å². The Labute approximate surface area is 112 Å². The Morgan fingerprint density at radius 2 is 1.79 bits per heavy atom. The first-order chi connectivity index (χ1) is 8.99. The van der Waals surface area contributed by atoms with Crippen molar-refractivity contribution in [3.05, 3.63) is 54.1 Å². The average molecular weight is 278 g/mol. The number of nitrogens with two attached hydrogens (primary N) is 1. The summed E-state index contributed by atoms with van der Waals surface area (Å²) < 4.78 is 28.4. The van der Waals surface area contributed by atoms with Gasteiger partial charge in [0.15, 0.2) is 0 Å². The zero-order chi connectivity index (χ0) is 13.9. The van der Waals surface area contributed by atoms with Gasteiger partial charge in [-0.2, -0.15) is 8.42 Å². The molecule has 0 spiro atoms. The van der Waals surface area contributed by atoms with Crippen LogP contribution in [0.3, 0.4) is 0 Å². The molecule has 3 N–H and O–H groups in total. The Morgan fingerprint density at radius 3 is 2.42 bits per heavy atom. The van der Waals surface area contributed by atoms with Crippen LogP contribution >= 0.6 is 0 Å². The first-order valence-electron chi connectivity index (χ1n) is 5.60. The van der Waals surface area contributed by atoms with E-state index in [1.54, 1.807) is 36.4 Å². The van der Waals surface area contributed by atoms with Gasteiger partial charge in [0.1, 0.15) is 0 Å². The van der Waals surface area contributed by atoms with E-state index < -0.39 is 10.1 Å². The molecule has 0 unspecified atom stereocenters. The van der Waals surface area contributed by atoms with Gasteiger partial charge in [0.25, 0.3) is 0 Å². The average Bonchev–Trinajstić information content (AvgIpc) is 2.41. The highest BCUT2D eigenvalue weighted by Gasteiger charge is 2.14. The Bertz CT molecular complexity index is 670. The Kier molecular flexibility index (Phi) is 3.73. The third-order valence-corrected chi connectivity index (χ3v) is 3.73. The lowest BCUT2D eigenvalue weighted by Gasteiger charge is -2.08. The largest absolute Gasteiger partial charge is 0.398 e. The van der Waals surface area contributed by atoms with Crippen LogP contribution in [-0.2, 0) is 14.4 Å². The van der Waals surface area contributed by atoms with Crippen LogP contribution in [0.15, 0.2) is 53.4 Å². The maximum absolute atomic E-state index is 11.8. The van der Waals surface area contributed by atoms with Crippen molar-refractivity contribution in [2.24, 2.45) is 0 Å². The van der Waals surface area contributed by atoms with E-state index in [1.807, 2.05) is 6.92 Å². The Hall–Kier alpha value is -2.05. The molecule has 0 saturated carbocycles. The predicted molar refractivity (Wildman–Crippen MR) is 73.9 cm³/mol. The van der Waals surface area contributed by atoms with Gasteiger partial charge in [0.2, 0.25) is 0 Å². The first-order valence-corrected chi connectivity index (χ1v) is 7.00. The number of hydrogen-bond donors (Lipinski definition) is 2. The highest BCUT2D eigenvalue weighted by Crippen LogP contribution is 2.18. The van der Waals surface area contributed by atoms with Crippen LogP contribution in [0.5, 0.6) is 0 Å². The minimum atomic E-state index is -3.83. The minimum absolute atomic E-state index is 0.0857. The summed E-state index contributed by atoms with van der Waals surface area (Å²) >= 11 is 0. The molecule has 0 fully saturated rings. The molecule has 0 heterocycles. The molecular formula is C13H14N2O3S. The summed E-state index contributed by atoms with van der Waals surface area (Å²) in [7, 11) is -3.83. The van der Waals surface area contributed by atoms with Crippen molar-refractivity contribution in [3.63, 3.8) is 0 Å². The highest BCUT2D eigenvalue weighted by molar-refractivity contribution is 7.86. The zero-order valence-electron chi connectivity index (χ0n) is 10.3. The van der Waals surface area contributed by atoms with E-state index in [9.17, 15) is 8.42 Å². The fourth-order valence-electron chi connectivity index (χ4n) is 1.44.